The second-order valence-electron chi connectivity index (χ2n) is 3.04. The lowest BCUT2D eigenvalue weighted by molar-refractivity contribution is 0.693. The van der Waals surface area contributed by atoms with Crippen LogP contribution >= 0.6 is 0 Å². The Morgan fingerprint density at radius 1 is 1.50 bits per heavy atom. The fourth-order valence-electron chi connectivity index (χ4n) is 1.86. The Labute approximate surface area is 50.6 Å². The minimum Gasteiger partial charge on any atom is -0.0851 e. The molecule has 8 heavy (non-hydrogen) atoms. The Balaban J connectivity index is 2.23. The number of fused-ring (bicyclic) bond motifs is 2. The number of hydrogen-bond donors (Lipinski definition) is 0. The summed E-state index contributed by atoms with van der Waals surface area (Å²) in [7, 11) is 0. The molecule has 2 unspecified atom stereocenters. The molecule has 2 rings (SSSR count). The van der Waals surface area contributed by atoms with Crippen LogP contribution in [0.1, 0.15) is 19.8 Å². The molecule has 0 nitrogen and oxygen atoms in total. The molecule has 0 amide bonds. The number of hydrogen-bond acceptors (Lipinski definition) is 0. The lowest BCUT2D eigenvalue weighted by Gasteiger charge is -2.09. The molecule has 0 aliphatic heterocycles. The first-order chi connectivity index (χ1) is 3.86. The van der Waals surface area contributed by atoms with Gasteiger partial charge in [0.2, 0.25) is 0 Å². The quantitative estimate of drug-likeness (QED) is 0.416. The molecule has 0 aromatic heterocycles. The van der Waals surface area contributed by atoms with E-state index < -0.39 is 0 Å². The minimum absolute atomic E-state index is 0.875. The molecule has 2 aliphatic rings. The van der Waals surface area contributed by atoms with E-state index in [1.165, 1.54) is 12.8 Å². The molecule has 0 N–H and O–H groups in total. The predicted molar refractivity (Wildman–Crippen MR) is 34.3 cm³/mol. The lowest BCUT2D eigenvalue weighted by Crippen LogP contribution is -1.97. The fraction of sp³-hybridized carbons (Fsp3) is 0.625. The van der Waals surface area contributed by atoms with Gasteiger partial charge in [0.05, 0.1) is 0 Å². The van der Waals surface area contributed by atoms with Gasteiger partial charge in [0, 0.05) is 0 Å². The van der Waals surface area contributed by atoms with Crippen LogP contribution in [0.4, 0.5) is 0 Å². The standard InChI is InChI=1S/C8H11/c1-6-4-7-2-3-8(6)5-7/h2-3,7-8H,4-5H2,1H3. The van der Waals surface area contributed by atoms with Gasteiger partial charge in [-0.05, 0) is 30.6 Å². The summed E-state index contributed by atoms with van der Waals surface area (Å²) in [4.78, 5) is 0. The predicted octanol–water partition coefficient (Wildman–Crippen LogP) is 2.18. The van der Waals surface area contributed by atoms with Crippen LogP contribution in [0.5, 0.6) is 0 Å². The van der Waals surface area contributed by atoms with Crippen LogP contribution in [0, 0.1) is 17.8 Å². The van der Waals surface area contributed by atoms with Crippen LogP contribution in [0.2, 0.25) is 0 Å². The van der Waals surface area contributed by atoms with Gasteiger partial charge in [0.25, 0.3) is 0 Å². The summed E-state index contributed by atoms with van der Waals surface area (Å²) < 4.78 is 0. The van der Waals surface area contributed by atoms with Gasteiger partial charge in [-0.3, -0.25) is 0 Å². The third-order valence-electron chi connectivity index (χ3n) is 2.39. The molecule has 2 bridgehead atoms. The smallest absolute Gasteiger partial charge is 0.0168 e. The van der Waals surface area contributed by atoms with Crippen molar-refractivity contribution in [2.24, 2.45) is 11.8 Å². The van der Waals surface area contributed by atoms with Crippen LogP contribution in [0.15, 0.2) is 12.2 Å². The first-order valence-corrected chi connectivity index (χ1v) is 3.37. The molecule has 0 aromatic rings. The average Bonchev–Trinajstić information content (AvgIpc) is 2.23. The maximum absolute atomic E-state index is 2.37. The highest BCUT2D eigenvalue weighted by Gasteiger charge is 2.32. The fourth-order valence-corrected chi connectivity index (χ4v) is 1.86. The summed E-state index contributed by atoms with van der Waals surface area (Å²) in [6, 6.07) is 0. The van der Waals surface area contributed by atoms with Gasteiger partial charge in [0.15, 0.2) is 0 Å². The van der Waals surface area contributed by atoms with Crippen molar-refractivity contribution in [3.63, 3.8) is 0 Å². The van der Waals surface area contributed by atoms with E-state index in [0.717, 1.165) is 11.8 Å². The molecule has 2 atom stereocenters. The summed E-state index contributed by atoms with van der Waals surface area (Å²) in [6.07, 6.45) is 7.54. The second kappa shape index (κ2) is 1.37. The van der Waals surface area contributed by atoms with E-state index in [4.69, 9.17) is 0 Å². The summed E-state index contributed by atoms with van der Waals surface area (Å²) in [5.74, 6) is 3.51. The van der Waals surface area contributed by atoms with E-state index >= 15 is 0 Å². The Morgan fingerprint density at radius 3 is 2.62 bits per heavy atom. The monoisotopic (exact) mass is 107 g/mol. The highest BCUT2D eigenvalue weighted by Crippen LogP contribution is 2.44. The molecule has 43 valence electrons. The Hall–Kier alpha value is -0.260. The van der Waals surface area contributed by atoms with Gasteiger partial charge in [-0.25, -0.2) is 0 Å². The van der Waals surface area contributed by atoms with E-state index in [1.807, 2.05) is 0 Å². The Morgan fingerprint density at radius 2 is 2.38 bits per heavy atom. The SMILES string of the molecule is C[C]1CC2C=CC1C2. The van der Waals surface area contributed by atoms with Gasteiger partial charge in [0.1, 0.15) is 0 Å². The van der Waals surface area contributed by atoms with Crippen LogP contribution in [0.25, 0.3) is 0 Å². The van der Waals surface area contributed by atoms with Gasteiger partial charge in [-0.2, -0.15) is 0 Å². The molecule has 0 aromatic carbocycles. The Kier molecular flexibility index (Phi) is 0.787. The van der Waals surface area contributed by atoms with Crippen molar-refractivity contribution < 1.29 is 0 Å². The van der Waals surface area contributed by atoms with E-state index in [1.54, 1.807) is 5.92 Å². The van der Waals surface area contributed by atoms with E-state index in [0.29, 0.717) is 0 Å². The van der Waals surface area contributed by atoms with Crippen LogP contribution in [-0.4, -0.2) is 0 Å². The topological polar surface area (TPSA) is 0 Å². The summed E-state index contributed by atoms with van der Waals surface area (Å²) >= 11 is 0. The molecule has 1 fully saturated rings. The lowest BCUT2D eigenvalue weighted by atomic mass is 9.96. The molecule has 0 spiro atoms. The van der Waals surface area contributed by atoms with Crippen molar-refractivity contribution in [2.75, 3.05) is 0 Å². The number of rotatable bonds is 0. The van der Waals surface area contributed by atoms with Gasteiger partial charge < -0.3 is 0 Å². The average molecular weight is 107 g/mol. The van der Waals surface area contributed by atoms with E-state index in [2.05, 4.69) is 19.1 Å². The molecular weight excluding hydrogens is 96.1 g/mol. The summed E-state index contributed by atoms with van der Waals surface area (Å²) in [5, 5.41) is 0. The molecule has 0 heterocycles. The third-order valence-corrected chi connectivity index (χ3v) is 2.39. The molecular formula is C8H11. The maximum atomic E-state index is 2.37. The van der Waals surface area contributed by atoms with E-state index in [9.17, 15) is 0 Å². The molecule has 2 aliphatic carbocycles. The zero-order chi connectivity index (χ0) is 5.56. The highest BCUT2D eigenvalue weighted by molar-refractivity contribution is 5.19. The normalized spacial score (nSPS) is 44.1. The third kappa shape index (κ3) is 0.460. The van der Waals surface area contributed by atoms with Gasteiger partial charge in [-0.15, -0.1) is 0 Å². The number of allylic oxidation sites excluding steroid dienone is 2. The van der Waals surface area contributed by atoms with E-state index in [-0.39, 0.29) is 0 Å². The molecule has 1 saturated carbocycles. The largest absolute Gasteiger partial charge is 0.0851 e. The van der Waals surface area contributed by atoms with Crippen LogP contribution in [0.3, 0.4) is 0 Å². The van der Waals surface area contributed by atoms with Gasteiger partial charge in [-0.1, -0.05) is 19.1 Å². The zero-order valence-corrected chi connectivity index (χ0v) is 5.22. The first-order valence-electron chi connectivity index (χ1n) is 3.37. The summed E-state index contributed by atoms with van der Waals surface area (Å²) in [5.41, 5.74) is 0. The zero-order valence-electron chi connectivity index (χ0n) is 5.22. The Bertz CT molecular complexity index is 124. The summed E-state index contributed by atoms with van der Waals surface area (Å²) in [6.45, 7) is 2.29. The maximum Gasteiger partial charge on any atom is -0.0168 e. The molecule has 0 heteroatoms. The van der Waals surface area contributed by atoms with Crippen molar-refractivity contribution in [1.29, 1.82) is 0 Å². The van der Waals surface area contributed by atoms with Crippen molar-refractivity contribution in [1.82, 2.24) is 0 Å². The van der Waals surface area contributed by atoms with Crippen molar-refractivity contribution in [3.05, 3.63) is 18.1 Å². The minimum atomic E-state index is 0.875. The first kappa shape index (κ1) is 4.60. The van der Waals surface area contributed by atoms with Crippen molar-refractivity contribution >= 4 is 0 Å². The molecule has 0 saturated heterocycles. The van der Waals surface area contributed by atoms with Crippen molar-refractivity contribution in [2.45, 2.75) is 19.8 Å². The second-order valence-corrected chi connectivity index (χ2v) is 3.04. The molecule has 1 radical (unpaired) electrons. The van der Waals surface area contributed by atoms with Crippen molar-refractivity contribution in [3.8, 4) is 0 Å². The van der Waals surface area contributed by atoms with Gasteiger partial charge >= 0.3 is 0 Å². The van der Waals surface area contributed by atoms with Crippen LogP contribution in [-0.2, 0) is 0 Å². The highest BCUT2D eigenvalue weighted by atomic mass is 14.4. The van der Waals surface area contributed by atoms with Crippen LogP contribution < -0.4 is 0 Å².